The number of nitrogens with one attached hydrogen (secondary N) is 1. The van der Waals surface area contributed by atoms with Crippen LogP contribution in [-0.2, 0) is 9.59 Å². The standard InChI is InChI=1S/C13H17NO3/c1-3-11(16)12(9(2)15)13(17)14-10-7-5-4-6-8-10/h4-8,11-12,16H,3H2,1-2H3,(H,14,17). The van der Waals surface area contributed by atoms with Crippen molar-refractivity contribution in [1.82, 2.24) is 0 Å². The van der Waals surface area contributed by atoms with E-state index >= 15 is 0 Å². The van der Waals surface area contributed by atoms with Crippen LogP contribution in [0, 0.1) is 5.92 Å². The lowest BCUT2D eigenvalue weighted by Gasteiger charge is -2.18. The predicted octanol–water partition coefficient (Wildman–Crippen LogP) is 1.60. The molecule has 0 aromatic heterocycles. The fourth-order valence-electron chi connectivity index (χ4n) is 1.61. The third-order valence-corrected chi connectivity index (χ3v) is 2.56. The Morgan fingerprint density at radius 1 is 1.29 bits per heavy atom. The first-order valence-electron chi connectivity index (χ1n) is 5.60. The fourth-order valence-corrected chi connectivity index (χ4v) is 1.61. The number of hydrogen-bond donors (Lipinski definition) is 2. The van der Waals surface area contributed by atoms with E-state index in [9.17, 15) is 14.7 Å². The van der Waals surface area contributed by atoms with E-state index < -0.39 is 17.9 Å². The molecule has 17 heavy (non-hydrogen) atoms. The second-order valence-electron chi connectivity index (χ2n) is 3.92. The predicted molar refractivity (Wildman–Crippen MR) is 65.5 cm³/mol. The van der Waals surface area contributed by atoms with Gasteiger partial charge in [-0.1, -0.05) is 25.1 Å². The fraction of sp³-hybridized carbons (Fsp3) is 0.385. The van der Waals surface area contributed by atoms with Crippen LogP contribution in [0.25, 0.3) is 0 Å². The highest BCUT2D eigenvalue weighted by molar-refractivity contribution is 6.06. The first-order chi connectivity index (χ1) is 8.06. The van der Waals surface area contributed by atoms with Crippen LogP contribution < -0.4 is 5.32 Å². The van der Waals surface area contributed by atoms with E-state index in [0.717, 1.165) is 0 Å². The van der Waals surface area contributed by atoms with E-state index in [2.05, 4.69) is 5.32 Å². The summed E-state index contributed by atoms with van der Waals surface area (Å²) in [5.41, 5.74) is 0.618. The highest BCUT2D eigenvalue weighted by Crippen LogP contribution is 2.13. The van der Waals surface area contributed by atoms with Gasteiger partial charge in [-0.3, -0.25) is 9.59 Å². The van der Waals surface area contributed by atoms with Gasteiger partial charge in [0.05, 0.1) is 6.10 Å². The molecule has 0 fully saturated rings. The van der Waals surface area contributed by atoms with Crippen LogP contribution in [0.15, 0.2) is 30.3 Å². The second kappa shape index (κ2) is 6.15. The van der Waals surface area contributed by atoms with Crippen LogP contribution in [0.4, 0.5) is 5.69 Å². The number of anilines is 1. The average Bonchev–Trinajstić information content (AvgIpc) is 2.29. The maximum atomic E-state index is 11.9. The maximum absolute atomic E-state index is 11.9. The maximum Gasteiger partial charge on any atom is 0.237 e. The average molecular weight is 235 g/mol. The molecule has 0 aliphatic rings. The Hall–Kier alpha value is -1.68. The van der Waals surface area contributed by atoms with Gasteiger partial charge in [0.15, 0.2) is 0 Å². The van der Waals surface area contributed by atoms with Gasteiger partial charge >= 0.3 is 0 Å². The van der Waals surface area contributed by atoms with Gasteiger partial charge in [-0.05, 0) is 25.5 Å². The molecule has 2 N–H and O–H groups in total. The molecule has 0 aliphatic carbocycles. The zero-order valence-electron chi connectivity index (χ0n) is 10.0. The SMILES string of the molecule is CCC(O)C(C(C)=O)C(=O)Nc1ccccc1. The Labute approximate surface area is 101 Å². The minimum absolute atomic E-state index is 0.326. The Bertz CT molecular complexity index is 389. The lowest BCUT2D eigenvalue weighted by Crippen LogP contribution is -2.37. The van der Waals surface area contributed by atoms with Crippen molar-refractivity contribution in [1.29, 1.82) is 0 Å². The van der Waals surface area contributed by atoms with Crippen molar-refractivity contribution in [3.05, 3.63) is 30.3 Å². The number of hydrogen-bond acceptors (Lipinski definition) is 3. The van der Waals surface area contributed by atoms with E-state index in [-0.39, 0.29) is 5.78 Å². The number of ketones is 1. The molecule has 0 saturated carbocycles. The first-order valence-corrected chi connectivity index (χ1v) is 5.60. The van der Waals surface area contributed by atoms with Crippen molar-refractivity contribution >= 4 is 17.4 Å². The molecule has 4 heteroatoms. The lowest BCUT2D eigenvalue weighted by molar-refractivity contribution is -0.134. The summed E-state index contributed by atoms with van der Waals surface area (Å²) in [5, 5.41) is 12.3. The molecule has 0 aliphatic heterocycles. The third-order valence-electron chi connectivity index (χ3n) is 2.56. The van der Waals surface area contributed by atoms with Crippen molar-refractivity contribution in [2.24, 2.45) is 5.92 Å². The molecule has 2 atom stereocenters. The molecule has 1 rings (SSSR count). The van der Waals surface area contributed by atoms with Gasteiger partial charge < -0.3 is 10.4 Å². The number of amides is 1. The Balaban J connectivity index is 2.76. The summed E-state index contributed by atoms with van der Waals surface area (Å²) in [5.74, 6) is -1.79. The zero-order valence-corrected chi connectivity index (χ0v) is 10.0. The molecule has 4 nitrogen and oxygen atoms in total. The van der Waals surface area contributed by atoms with Crippen molar-refractivity contribution < 1.29 is 14.7 Å². The van der Waals surface area contributed by atoms with Crippen LogP contribution in [0.1, 0.15) is 20.3 Å². The van der Waals surface area contributed by atoms with Crippen LogP contribution in [-0.4, -0.2) is 22.9 Å². The third kappa shape index (κ3) is 3.67. The van der Waals surface area contributed by atoms with Crippen molar-refractivity contribution in [2.75, 3.05) is 5.32 Å². The van der Waals surface area contributed by atoms with Gasteiger partial charge in [0, 0.05) is 5.69 Å². The minimum Gasteiger partial charge on any atom is -0.392 e. The van der Waals surface area contributed by atoms with Gasteiger partial charge in [0.1, 0.15) is 11.7 Å². The summed E-state index contributed by atoms with van der Waals surface area (Å²) in [6.07, 6.45) is -0.567. The van der Waals surface area contributed by atoms with E-state index in [1.54, 1.807) is 31.2 Å². The number of carbonyl (C=O) groups is 2. The summed E-state index contributed by atoms with van der Waals surface area (Å²) in [6, 6.07) is 8.86. The molecule has 0 saturated heterocycles. The van der Waals surface area contributed by atoms with E-state index in [1.807, 2.05) is 6.07 Å². The summed E-state index contributed by atoms with van der Waals surface area (Å²) < 4.78 is 0. The normalized spacial score (nSPS) is 13.8. The number of aliphatic hydroxyl groups excluding tert-OH is 1. The number of carbonyl (C=O) groups excluding carboxylic acids is 2. The molecule has 0 bridgehead atoms. The van der Waals surface area contributed by atoms with E-state index in [0.29, 0.717) is 12.1 Å². The monoisotopic (exact) mass is 235 g/mol. The van der Waals surface area contributed by atoms with Gasteiger partial charge in [-0.2, -0.15) is 0 Å². The second-order valence-corrected chi connectivity index (χ2v) is 3.92. The Morgan fingerprint density at radius 2 is 1.88 bits per heavy atom. The number of aliphatic hydroxyl groups is 1. The first kappa shape index (κ1) is 13.4. The van der Waals surface area contributed by atoms with Gasteiger partial charge in [0.2, 0.25) is 5.91 Å². The molecule has 0 radical (unpaired) electrons. The largest absolute Gasteiger partial charge is 0.392 e. The zero-order chi connectivity index (χ0) is 12.8. The van der Waals surface area contributed by atoms with E-state index in [4.69, 9.17) is 0 Å². The summed E-state index contributed by atoms with van der Waals surface area (Å²) in [4.78, 5) is 23.2. The number of rotatable bonds is 5. The van der Waals surface area contributed by atoms with Crippen LogP contribution in [0.3, 0.4) is 0 Å². The highest BCUT2D eigenvalue weighted by Gasteiger charge is 2.29. The minimum atomic E-state index is -1.000. The quantitative estimate of drug-likeness (QED) is 0.762. The van der Waals surface area contributed by atoms with Crippen LogP contribution in [0.2, 0.25) is 0 Å². The van der Waals surface area contributed by atoms with Crippen molar-refractivity contribution in [2.45, 2.75) is 26.4 Å². The van der Waals surface area contributed by atoms with E-state index in [1.165, 1.54) is 6.92 Å². The molecule has 0 heterocycles. The Kier molecular flexibility index (Phi) is 4.84. The molecule has 1 aromatic rings. The summed E-state index contributed by atoms with van der Waals surface area (Å²) in [7, 11) is 0. The molecule has 92 valence electrons. The molecular weight excluding hydrogens is 218 g/mol. The number of Topliss-reactive ketones (excluding diaryl/α,β-unsaturated/α-hetero) is 1. The van der Waals surface area contributed by atoms with Gasteiger partial charge in [-0.15, -0.1) is 0 Å². The molecule has 1 aromatic carbocycles. The number of benzene rings is 1. The molecule has 1 amide bonds. The molecule has 2 unspecified atom stereocenters. The van der Waals surface area contributed by atoms with Crippen LogP contribution in [0.5, 0.6) is 0 Å². The van der Waals surface area contributed by atoms with Crippen molar-refractivity contribution in [3.63, 3.8) is 0 Å². The Morgan fingerprint density at radius 3 is 2.35 bits per heavy atom. The molecular formula is C13H17NO3. The topological polar surface area (TPSA) is 66.4 Å². The van der Waals surface area contributed by atoms with Crippen molar-refractivity contribution in [3.8, 4) is 0 Å². The summed E-state index contributed by atoms with van der Waals surface area (Å²) >= 11 is 0. The van der Waals surface area contributed by atoms with Crippen LogP contribution >= 0.6 is 0 Å². The molecule has 0 spiro atoms. The summed E-state index contributed by atoms with van der Waals surface area (Å²) in [6.45, 7) is 3.05. The smallest absolute Gasteiger partial charge is 0.237 e. The van der Waals surface area contributed by atoms with Gasteiger partial charge in [0.25, 0.3) is 0 Å². The van der Waals surface area contributed by atoms with Gasteiger partial charge in [-0.25, -0.2) is 0 Å². The number of para-hydroxylation sites is 1. The lowest BCUT2D eigenvalue weighted by atomic mass is 9.95. The highest BCUT2D eigenvalue weighted by atomic mass is 16.3.